The lowest BCUT2D eigenvalue weighted by Gasteiger charge is -2.04. The van der Waals surface area contributed by atoms with E-state index >= 15 is 0 Å². The Hall–Kier alpha value is -2.05. The lowest BCUT2D eigenvalue weighted by molar-refractivity contribution is -0.388. The Morgan fingerprint density at radius 2 is 2.00 bits per heavy atom. The van der Waals surface area contributed by atoms with Crippen molar-refractivity contribution in [2.75, 3.05) is 6.61 Å². The van der Waals surface area contributed by atoms with Gasteiger partial charge in [-0.1, -0.05) is 0 Å². The summed E-state index contributed by atoms with van der Waals surface area (Å²) in [7, 11) is 0. The van der Waals surface area contributed by atoms with Crippen LogP contribution in [0.2, 0.25) is 0 Å². The molecule has 1 rings (SSSR count). The number of hydrogen-bond donors (Lipinski definition) is 0. The summed E-state index contributed by atoms with van der Waals surface area (Å²) in [6.45, 7) is 1.35. The molecule has 0 unspecified atom stereocenters. The van der Waals surface area contributed by atoms with Crippen molar-refractivity contribution in [3.05, 3.63) is 39.4 Å². The van der Waals surface area contributed by atoms with E-state index < -0.39 is 33.8 Å². The molecule has 0 aromatic heterocycles. The second-order valence-electron chi connectivity index (χ2n) is 2.73. The third kappa shape index (κ3) is 2.13. The van der Waals surface area contributed by atoms with E-state index in [4.69, 9.17) is 0 Å². The Morgan fingerprint density at radius 1 is 1.44 bits per heavy atom. The molecule has 0 aliphatic rings. The van der Waals surface area contributed by atoms with Crippen LogP contribution >= 0.6 is 0 Å². The maximum absolute atomic E-state index is 13.2. The highest BCUT2D eigenvalue weighted by atomic mass is 19.1. The molecule has 0 amide bonds. The predicted octanol–water partition coefficient (Wildman–Crippen LogP) is 2.05. The number of benzene rings is 1. The van der Waals surface area contributed by atoms with Gasteiger partial charge in [0.05, 0.1) is 11.5 Å². The number of nitro benzene ring substituents is 1. The molecule has 1 aromatic carbocycles. The molecule has 86 valence electrons. The number of nitro groups is 1. The molecule has 1 aromatic rings. The van der Waals surface area contributed by atoms with Gasteiger partial charge in [0.2, 0.25) is 5.82 Å². The minimum atomic E-state index is -1.28. The largest absolute Gasteiger partial charge is 0.462 e. The number of carbonyl (C=O) groups excluding carboxylic acids is 1. The van der Waals surface area contributed by atoms with Gasteiger partial charge in [-0.2, -0.15) is 4.39 Å². The average Bonchev–Trinajstić information content (AvgIpc) is 2.20. The molecule has 0 spiro atoms. The molecule has 5 nitrogen and oxygen atoms in total. The number of hydrogen-bond acceptors (Lipinski definition) is 4. The molecule has 0 N–H and O–H groups in total. The van der Waals surface area contributed by atoms with Gasteiger partial charge in [0.15, 0.2) is 5.56 Å². The average molecular weight is 231 g/mol. The number of nitrogens with zero attached hydrogens (tertiary/aromatic N) is 1. The van der Waals surface area contributed by atoms with E-state index in [0.29, 0.717) is 12.1 Å². The molecule has 0 bridgehead atoms. The van der Waals surface area contributed by atoms with Gasteiger partial charge in [-0.15, -0.1) is 0 Å². The predicted molar refractivity (Wildman–Crippen MR) is 49.0 cm³/mol. The van der Waals surface area contributed by atoms with Gasteiger partial charge in [0.25, 0.3) is 0 Å². The Balaban J connectivity index is 3.40. The molecular weight excluding hydrogens is 224 g/mol. The van der Waals surface area contributed by atoms with Crippen LogP contribution in [0.1, 0.15) is 17.3 Å². The summed E-state index contributed by atoms with van der Waals surface area (Å²) in [4.78, 5) is 20.5. The molecule has 7 heteroatoms. The van der Waals surface area contributed by atoms with Crippen LogP contribution < -0.4 is 0 Å². The van der Waals surface area contributed by atoms with E-state index in [9.17, 15) is 23.7 Å². The maximum atomic E-state index is 13.2. The Bertz CT molecular complexity index is 447. The number of rotatable bonds is 3. The van der Waals surface area contributed by atoms with E-state index in [1.54, 1.807) is 0 Å². The van der Waals surface area contributed by atoms with Crippen molar-refractivity contribution in [1.82, 2.24) is 0 Å². The van der Waals surface area contributed by atoms with Gasteiger partial charge in [0.1, 0.15) is 5.82 Å². The third-order valence-electron chi connectivity index (χ3n) is 1.74. The highest BCUT2D eigenvalue weighted by Crippen LogP contribution is 2.25. The van der Waals surface area contributed by atoms with Crippen molar-refractivity contribution < 1.29 is 23.2 Å². The van der Waals surface area contributed by atoms with Crippen molar-refractivity contribution in [2.24, 2.45) is 0 Å². The summed E-state index contributed by atoms with van der Waals surface area (Å²) in [6.07, 6.45) is 0. The molecule has 16 heavy (non-hydrogen) atoms. The van der Waals surface area contributed by atoms with E-state index in [1.165, 1.54) is 6.92 Å². The summed E-state index contributed by atoms with van der Waals surface area (Å²) in [5.41, 5.74) is -2.20. The summed E-state index contributed by atoms with van der Waals surface area (Å²) in [6, 6.07) is 1.21. The SMILES string of the molecule is CCOC(=O)c1c(F)ccc(F)c1[N+](=O)[O-]. The van der Waals surface area contributed by atoms with E-state index in [2.05, 4.69) is 4.74 Å². The van der Waals surface area contributed by atoms with Crippen molar-refractivity contribution in [2.45, 2.75) is 6.92 Å². The van der Waals surface area contributed by atoms with Crippen molar-refractivity contribution in [3.8, 4) is 0 Å². The van der Waals surface area contributed by atoms with Gasteiger partial charge in [-0.3, -0.25) is 10.1 Å². The molecule has 0 atom stereocenters. The zero-order chi connectivity index (χ0) is 12.3. The van der Waals surface area contributed by atoms with Gasteiger partial charge < -0.3 is 4.74 Å². The lowest BCUT2D eigenvalue weighted by Crippen LogP contribution is -2.11. The van der Waals surface area contributed by atoms with Crippen molar-refractivity contribution >= 4 is 11.7 Å². The lowest BCUT2D eigenvalue weighted by atomic mass is 10.1. The Morgan fingerprint density at radius 3 is 2.50 bits per heavy atom. The molecule has 0 fully saturated rings. The first kappa shape index (κ1) is 12.0. The first-order chi connectivity index (χ1) is 7.49. The fourth-order valence-electron chi connectivity index (χ4n) is 1.12. The minimum Gasteiger partial charge on any atom is -0.462 e. The van der Waals surface area contributed by atoms with Crippen LogP contribution in [0.15, 0.2) is 12.1 Å². The minimum absolute atomic E-state index is 0.0913. The van der Waals surface area contributed by atoms with Crippen molar-refractivity contribution in [3.63, 3.8) is 0 Å². The summed E-state index contributed by atoms with van der Waals surface area (Å²) < 4.78 is 30.7. The first-order valence-electron chi connectivity index (χ1n) is 4.28. The summed E-state index contributed by atoms with van der Waals surface area (Å²) in [5.74, 6) is -3.73. The third-order valence-corrected chi connectivity index (χ3v) is 1.74. The molecular formula is C9H7F2NO4. The van der Waals surface area contributed by atoms with Crippen LogP contribution in [-0.4, -0.2) is 17.5 Å². The number of esters is 1. The zero-order valence-corrected chi connectivity index (χ0v) is 8.20. The smallest absolute Gasteiger partial charge is 0.348 e. The second-order valence-corrected chi connectivity index (χ2v) is 2.73. The normalized spacial score (nSPS) is 9.94. The Labute approximate surface area is 88.8 Å². The quantitative estimate of drug-likeness (QED) is 0.453. The topological polar surface area (TPSA) is 69.4 Å². The molecule has 0 aliphatic heterocycles. The van der Waals surface area contributed by atoms with Crippen LogP contribution in [0.5, 0.6) is 0 Å². The van der Waals surface area contributed by atoms with E-state index in [-0.39, 0.29) is 6.61 Å². The molecule has 0 saturated carbocycles. The van der Waals surface area contributed by atoms with Gasteiger partial charge in [-0.05, 0) is 19.1 Å². The van der Waals surface area contributed by atoms with Crippen LogP contribution in [-0.2, 0) is 4.74 Å². The van der Waals surface area contributed by atoms with Crippen molar-refractivity contribution in [1.29, 1.82) is 0 Å². The molecule has 0 saturated heterocycles. The summed E-state index contributed by atoms with van der Waals surface area (Å²) in [5, 5.41) is 10.5. The van der Waals surface area contributed by atoms with Gasteiger partial charge >= 0.3 is 11.7 Å². The first-order valence-corrected chi connectivity index (χ1v) is 4.28. The fraction of sp³-hybridized carbons (Fsp3) is 0.222. The molecule has 0 radical (unpaired) electrons. The second kappa shape index (κ2) is 4.65. The van der Waals surface area contributed by atoms with Crippen LogP contribution in [0.25, 0.3) is 0 Å². The molecule has 0 heterocycles. The number of carbonyl (C=O) groups is 1. The molecule has 0 aliphatic carbocycles. The highest BCUT2D eigenvalue weighted by molar-refractivity contribution is 5.94. The maximum Gasteiger partial charge on any atom is 0.348 e. The number of halogens is 2. The number of ether oxygens (including phenoxy) is 1. The van der Waals surface area contributed by atoms with Crippen LogP contribution in [0, 0.1) is 21.7 Å². The fourth-order valence-corrected chi connectivity index (χ4v) is 1.12. The van der Waals surface area contributed by atoms with Crippen LogP contribution in [0.4, 0.5) is 14.5 Å². The Kier molecular flexibility index (Phi) is 3.49. The van der Waals surface area contributed by atoms with Gasteiger partial charge in [0, 0.05) is 0 Å². The summed E-state index contributed by atoms with van der Waals surface area (Å²) >= 11 is 0. The van der Waals surface area contributed by atoms with Gasteiger partial charge in [-0.25, -0.2) is 9.18 Å². The van der Waals surface area contributed by atoms with E-state index in [0.717, 1.165) is 0 Å². The zero-order valence-electron chi connectivity index (χ0n) is 8.20. The monoisotopic (exact) mass is 231 g/mol. The van der Waals surface area contributed by atoms with E-state index in [1.807, 2.05) is 0 Å². The van der Waals surface area contributed by atoms with Crippen LogP contribution in [0.3, 0.4) is 0 Å². The highest BCUT2D eigenvalue weighted by Gasteiger charge is 2.30. The standard InChI is InChI=1S/C9H7F2NO4/c1-2-16-9(13)7-5(10)3-4-6(11)8(7)12(14)15/h3-4H,2H2,1H3.